The molecule has 0 aliphatic carbocycles. The molecule has 3 atom stereocenters. The van der Waals surface area contributed by atoms with E-state index in [4.69, 9.17) is 0 Å². The Balaban J connectivity index is 1.55. The summed E-state index contributed by atoms with van der Waals surface area (Å²) >= 11 is 1.38. The minimum absolute atomic E-state index is 0.0919. The number of hydrogen-bond acceptors (Lipinski definition) is 9. The third-order valence-corrected chi connectivity index (χ3v) is 10.2. The van der Waals surface area contributed by atoms with Gasteiger partial charge < -0.3 is 26.6 Å². The number of likely N-dealkylation sites (N-methyl/N-ethyl adjacent to an activating group) is 1. The van der Waals surface area contributed by atoms with Gasteiger partial charge >= 0.3 is 10.2 Å². The number of carbonyl (C=O) groups is 4. The smallest absolute Gasteiger partial charge is 0.301 e. The van der Waals surface area contributed by atoms with E-state index >= 15 is 0 Å². The topological polar surface area (TPSA) is 191 Å². The fourth-order valence-electron chi connectivity index (χ4n) is 5.21. The van der Waals surface area contributed by atoms with Gasteiger partial charge in [0.05, 0.1) is 18.3 Å². The van der Waals surface area contributed by atoms with Gasteiger partial charge in [0.25, 0.3) is 11.8 Å². The quantitative estimate of drug-likeness (QED) is 0.129. The maximum absolute atomic E-state index is 13.9. The molecule has 49 heavy (non-hydrogen) atoms. The van der Waals surface area contributed by atoms with Gasteiger partial charge in [0.2, 0.25) is 11.8 Å². The number of anilines is 1. The second-order valence-electron chi connectivity index (χ2n) is 11.6. The lowest BCUT2D eigenvalue weighted by molar-refractivity contribution is -0.129. The first kappa shape index (κ1) is 37.4. The number of aromatic nitrogens is 1. The molecule has 1 aliphatic heterocycles. The van der Waals surface area contributed by atoms with Crippen molar-refractivity contribution < 1.29 is 27.6 Å². The summed E-state index contributed by atoms with van der Waals surface area (Å²) in [5, 5.41) is 16.9. The zero-order valence-corrected chi connectivity index (χ0v) is 29.5. The van der Waals surface area contributed by atoms with Crippen LogP contribution in [0.3, 0.4) is 0 Å². The zero-order chi connectivity index (χ0) is 35.4. The Bertz CT molecular complexity index is 1690. The van der Waals surface area contributed by atoms with Crippen molar-refractivity contribution in [2.45, 2.75) is 64.7 Å². The minimum atomic E-state index is -3.88. The molecule has 2 heterocycles. The zero-order valence-electron chi connectivity index (χ0n) is 27.8. The van der Waals surface area contributed by atoms with Crippen molar-refractivity contribution in [2.75, 3.05) is 30.5 Å². The summed E-state index contributed by atoms with van der Waals surface area (Å²) in [7, 11) is -3.88. The normalized spacial score (nSPS) is 15.8. The maximum Gasteiger partial charge on any atom is 0.301 e. The molecule has 1 saturated heterocycles. The summed E-state index contributed by atoms with van der Waals surface area (Å²) < 4.78 is 29.5. The van der Waals surface area contributed by atoms with Crippen molar-refractivity contribution in [1.82, 2.24) is 36.3 Å². The van der Waals surface area contributed by atoms with Crippen molar-refractivity contribution >= 4 is 50.9 Å². The number of nitrogens with zero attached hydrogens (tertiary/aromatic N) is 2. The number of nitrogens with one attached hydrogen (secondary N) is 6. The van der Waals surface area contributed by atoms with Crippen molar-refractivity contribution in [2.24, 2.45) is 0 Å². The number of thiazole rings is 1. The van der Waals surface area contributed by atoms with E-state index in [1.54, 1.807) is 25.4 Å². The molecular weight excluding hydrogens is 669 g/mol. The Morgan fingerprint density at radius 1 is 0.980 bits per heavy atom. The molecule has 0 spiro atoms. The van der Waals surface area contributed by atoms with Gasteiger partial charge in [-0.05, 0) is 56.9 Å². The van der Waals surface area contributed by atoms with E-state index in [-0.39, 0.29) is 54.8 Å². The van der Waals surface area contributed by atoms with E-state index in [0.717, 1.165) is 9.87 Å². The predicted octanol–water partition coefficient (Wildman–Crippen LogP) is 1.47. The van der Waals surface area contributed by atoms with E-state index in [1.807, 2.05) is 37.3 Å². The molecule has 6 N–H and O–H groups in total. The second-order valence-corrected chi connectivity index (χ2v) is 14.2. The lowest BCUT2D eigenvalue weighted by atomic mass is 10.0. The van der Waals surface area contributed by atoms with E-state index in [9.17, 15) is 27.6 Å². The SMILES string of the molecule is CCNC(=O)[C@H](CC)NC(=O)[C@H](C)NC[C@H](Cc1ccccc1)NC(=O)c1cc(C(=O)NCc2nccs2)cc(N2CCCNS2(=O)=O)c1. The average molecular weight is 713 g/mol. The summed E-state index contributed by atoms with van der Waals surface area (Å²) in [4.78, 5) is 56.6. The highest BCUT2D eigenvalue weighted by molar-refractivity contribution is 7.90. The molecule has 1 aliphatic rings. The van der Waals surface area contributed by atoms with Crippen LogP contribution in [0.4, 0.5) is 5.69 Å². The van der Waals surface area contributed by atoms with Gasteiger partial charge in [0.1, 0.15) is 11.0 Å². The molecule has 0 saturated carbocycles. The third kappa shape index (κ3) is 10.8. The largest absolute Gasteiger partial charge is 0.355 e. The highest BCUT2D eigenvalue weighted by Crippen LogP contribution is 2.24. The predicted molar refractivity (Wildman–Crippen MR) is 188 cm³/mol. The first-order valence-electron chi connectivity index (χ1n) is 16.3. The molecule has 14 nitrogen and oxygen atoms in total. The lowest BCUT2D eigenvalue weighted by Gasteiger charge is -2.29. The van der Waals surface area contributed by atoms with Crippen molar-refractivity contribution in [3.63, 3.8) is 0 Å². The van der Waals surface area contributed by atoms with Crippen LogP contribution in [0.1, 0.15) is 64.9 Å². The summed E-state index contributed by atoms with van der Waals surface area (Å²) in [5.74, 6) is -1.64. The molecule has 4 rings (SSSR count). The third-order valence-electron chi connectivity index (χ3n) is 7.84. The summed E-state index contributed by atoms with van der Waals surface area (Å²) in [6.07, 6.45) is 3.01. The maximum atomic E-state index is 13.9. The van der Waals surface area contributed by atoms with Crippen LogP contribution in [0.15, 0.2) is 60.1 Å². The monoisotopic (exact) mass is 712 g/mol. The van der Waals surface area contributed by atoms with E-state index in [1.165, 1.54) is 29.5 Å². The molecule has 1 fully saturated rings. The lowest BCUT2D eigenvalue weighted by Crippen LogP contribution is -2.53. The fraction of sp³-hybridized carbons (Fsp3) is 0.424. The summed E-state index contributed by atoms with van der Waals surface area (Å²) in [6, 6.07) is 12.0. The van der Waals surface area contributed by atoms with Crippen LogP contribution in [0.25, 0.3) is 0 Å². The second kappa shape index (κ2) is 17.9. The van der Waals surface area contributed by atoms with Gasteiger partial charge in [-0.25, -0.2) is 4.98 Å². The van der Waals surface area contributed by atoms with Crippen LogP contribution >= 0.6 is 11.3 Å². The standard InChI is InChI=1S/C33H44N8O6S2/c1-4-28(33(45)34-5-2)40-30(42)22(3)36-20-26(16-23-10-7-6-8-11-23)39-32(44)25-17-24(31(43)37-21-29-35-13-15-48-29)18-27(19-25)41-14-9-12-38-49(41,46)47/h6-8,10-11,13,15,17-19,22,26,28,36,38H,4-5,9,12,14,16,20-21H2,1-3H3,(H,34,45)(H,37,43)(H,39,44)(H,40,42)/t22-,26-,28-/m0/s1. The summed E-state index contributed by atoms with van der Waals surface area (Å²) in [6.45, 7) is 6.58. The molecule has 1 aromatic heterocycles. The van der Waals surface area contributed by atoms with Crippen molar-refractivity contribution in [3.05, 3.63) is 81.8 Å². The van der Waals surface area contributed by atoms with Crippen LogP contribution < -0.4 is 35.6 Å². The molecular formula is C33H44N8O6S2. The molecule has 4 amide bonds. The van der Waals surface area contributed by atoms with Crippen LogP contribution in [-0.4, -0.2) is 81.3 Å². The molecule has 0 bridgehead atoms. The molecule has 2 aromatic carbocycles. The summed E-state index contributed by atoms with van der Waals surface area (Å²) in [5.41, 5.74) is 1.32. The van der Waals surface area contributed by atoms with Gasteiger partial charge in [-0.2, -0.15) is 13.1 Å². The first-order valence-corrected chi connectivity index (χ1v) is 18.6. The highest BCUT2D eigenvalue weighted by atomic mass is 32.2. The number of amides is 4. The Morgan fingerprint density at radius 2 is 1.71 bits per heavy atom. The highest BCUT2D eigenvalue weighted by Gasteiger charge is 2.28. The number of rotatable bonds is 16. The number of carbonyl (C=O) groups excluding carboxylic acids is 4. The first-order chi connectivity index (χ1) is 23.5. The van der Waals surface area contributed by atoms with Gasteiger partial charge in [0.15, 0.2) is 0 Å². The Hall–Kier alpha value is -4.38. The van der Waals surface area contributed by atoms with Gasteiger partial charge in [-0.1, -0.05) is 37.3 Å². The molecule has 16 heteroatoms. The van der Waals surface area contributed by atoms with Crippen molar-refractivity contribution in [3.8, 4) is 0 Å². The van der Waals surface area contributed by atoms with Gasteiger partial charge in [0, 0.05) is 54.9 Å². The number of benzene rings is 2. The Kier molecular flexibility index (Phi) is 13.6. The van der Waals surface area contributed by atoms with Gasteiger partial charge in [-0.3, -0.25) is 23.5 Å². The minimum Gasteiger partial charge on any atom is -0.355 e. The van der Waals surface area contributed by atoms with E-state index in [2.05, 4.69) is 36.3 Å². The molecule has 3 aromatic rings. The number of hydrogen-bond donors (Lipinski definition) is 6. The molecule has 0 radical (unpaired) electrons. The van der Waals surface area contributed by atoms with Gasteiger partial charge in [-0.15, -0.1) is 11.3 Å². The Labute approximate surface area is 291 Å². The van der Waals surface area contributed by atoms with Crippen molar-refractivity contribution in [1.29, 1.82) is 0 Å². The van der Waals surface area contributed by atoms with Crippen LogP contribution in [0.2, 0.25) is 0 Å². The van der Waals surface area contributed by atoms with Crippen LogP contribution in [-0.2, 0) is 32.8 Å². The van der Waals surface area contributed by atoms with E-state index < -0.39 is 40.1 Å². The van der Waals surface area contributed by atoms with Crippen LogP contribution in [0.5, 0.6) is 0 Å². The molecule has 264 valence electrons. The Morgan fingerprint density at radius 3 is 2.37 bits per heavy atom. The molecule has 0 unspecified atom stereocenters. The average Bonchev–Trinajstić information content (AvgIpc) is 3.62. The fourth-order valence-corrected chi connectivity index (χ4v) is 7.07. The van der Waals surface area contributed by atoms with Crippen LogP contribution in [0, 0.1) is 0 Å². The van der Waals surface area contributed by atoms with E-state index in [0.29, 0.717) is 30.8 Å².